The van der Waals surface area contributed by atoms with Gasteiger partial charge in [-0.05, 0) is 59.5 Å². The second-order valence-electron chi connectivity index (χ2n) is 9.30. The van der Waals surface area contributed by atoms with E-state index in [1.807, 2.05) is 30.9 Å². The smallest absolute Gasteiger partial charge is 0.242 e. The van der Waals surface area contributed by atoms with Crippen LogP contribution in [0.4, 0.5) is 0 Å². The summed E-state index contributed by atoms with van der Waals surface area (Å²) in [5.74, 6) is 1.37. The lowest BCUT2D eigenvalue weighted by molar-refractivity contribution is -0.143. The van der Waals surface area contributed by atoms with Crippen LogP contribution in [0.25, 0.3) is 0 Å². The Labute approximate surface area is 206 Å². The van der Waals surface area contributed by atoms with Gasteiger partial charge in [-0.2, -0.15) is 0 Å². The number of hydrogen-bond acceptors (Lipinski definition) is 4. The summed E-state index contributed by atoms with van der Waals surface area (Å²) in [6.45, 7) is 10.0. The molecule has 0 N–H and O–H groups in total. The van der Waals surface area contributed by atoms with Gasteiger partial charge in [0.25, 0.3) is 0 Å². The van der Waals surface area contributed by atoms with Crippen LogP contribution in [0.3, 0.4) is 0 Å². The zero-order valence-corrected chi connectivity index (χ0v) is 21.6. The Hall–Kier alpha value is -2.05. The van der Waals surface area contributed by atoms with E-state index in [1.54, 1.807) is 28.4 Å². The van der Waals surface area contributed by atoms with Gasteiger partial charge in [0.2, 0.25) is 11.8 Å². The highest BCUT2D eigenvalue weighted by Crippen LogP contribution is 2.34. The van der Waals surface area contributed by atoms with E-state index in [0.29, 0.717) is 37.1 Å². The summed E-state index contributed by atoms with van der Waals surface area (Å²) in [5.41, 5.74) is 1.15. The molecule has 0 saturated heterocycles. The fourth-order valence-corrected chi connectivity index (χ4v) is 5.13. The summed E-state index contributed by atoms with van der Waals surface area (Å²) >= 11 is 7.72. The van der Waals surface area contributed by atoms with Crippen LogP contribution >= 0.6 is 22.9 Å². The van der Waals surface area contributed by atoms with E-state index in [0.717, 1.165) is 24.2 Å². The number of fused-ring (bicyclic) bond motifs is 1. The summed E-state index contributed by atoms with van der Waals surface area (Å²) < 4.78 is 6.07. The number of rotatable bonds is 10. The average molecular weight is 491 g/mol. The van der Waals surface area contributed by atoms with Crippen molar-refractivity contribution in [2.75, 3.05) is 26.2 Å². The maximum atomic E-state index is 13.5. The van der Waals surface area contributed by atoms with Crippen LogP contribution in [-0.4, -0.2) is 47.9 Å². The molecule has 2 amide bonds. The van der Waals surface area contributed by atoms with Gasteiger partial charge >= 0.3 is 0 Å². The van der Waals surface area contributed by atoms with Gasteiger partial charge < -0.3 is 14.5 Å². The molecule has 0 spiro atoms. The molecule has 7 heteroatoms. The average Bonchev–Trinajstić information content (AvgIpc) is 3.26. The van der Waals surface area contributed by atoms with Gasteiger partial charge in [-0.1, -0.05) is 45.7 Å². The highest BCUT2D eigenvalue weighted by Gasteiger charge is 2.33. The third kappa shape index (κ3) is 6.97. The van der Waals surface area contributed by atoms with Gasteiger partial charge in [-0.15, -0.1) is 11.3 Å². The van der Waals surface area contributed by atoms with Crippen molar-refractivity contribution in [2.45, 2.75) is 53.0 Å². The van der Waals surface area contributed by atoms with Crippen LogP contribution in [0.15, 0.2) is 35.7 Å². The molecule has 1 aliphatic rings. The molecular weight excluding hydrogens is 456 g/mol. The van der Waals surface area contributed by atoms with Crippen LogP contribution in [-0.2, 0) is 16.0 Å². The van der Waals surface area contributed by atoms with Crippen molar-refractivity contribution in [3.8, 4) is 5.75 Å². The monoisotopic (exact) mass is 490 g/mol. The van der Waals surface area contributed by atoms with Crippen LogP contribution < -0.4 is 4.74 Å². The van der Waals surface area contributed by atoms with E-state index < -0.39 is 0 Å². The fourth-order valence-electron chi connectivity index (χ4n) is 4.07. The zero-order valence-electron chi connectivity index (χ0n) is 20.1. The van der Waals surface area contributed by atoms with E-state index >= 15 is 0 Å². The molecule has 0 fully saturated rings. The number of amides is 2. The third-order valence-electron chi connectivity index (χ3n) is 6.13. The zero-order chi connectivity index (χ0) is 24.0. The molecule has 0 aliphatic carbocycles. The topological polar surface area (TPSA) is 49.9 Å². The van der Waals surface area contributed by atoms with Crippen molar-refractivity contribution in [1.82, 2.24) is 9.80 Å². The van der Waals surface area contributed by atoms with Gasteiger partial charge in [0.1, 0.15) is 12.4 Å². The SMILES string of the molecule is CC[C@H](C)CN(CC(=O)N1CCc2sccc2[C@H]1COc1ccc(Cl)cc1)C(=O)CC(C)C. The lowest BCUT2D eigenvalue weighted by Gasteiger charge is -2.37. The molecule has 0 unspecified atom stereocenters. The molecule has 2 aromatic rings. The first-order valence-corrected chi connectivity index (χ1v) is 13.1. The standard InChI is InChI=1S/C26H35ClN2O3S/c1-5-19(4)15-28(25(30)14-18(2)3)16-26(31)29-12-10-24-22(11-13-33-24)23(29)17-32-21-8-6-20(27)7-9-21/h6-9,11,13,18-19,23H,5,10,12,14-17H2,1-4H3/t19-,23+/m0/s1. The van der Waals surface area contributed by atoms with Crippen molar-refractivity contribution in [3.05, 3.63) is 51.2 Å². The number of hydrogen-bond donors (Lipinski definition) is 0. The van der Waals surface area contributed by atoms with Gasteiger partial charge in [-0.25, -0.2) is 0 Å². The molecule has 180 valence electrons. The highest BCUT2D eigenvalue weighted by molar-refractivity contribution is 7.10. The Balaban J connectivity index is 1.76. The first-order valence-electron chi connectivity index (χ1n) is 11.8. The molecule has 2 heterocycles. The predicted octanol–water partition coefficient (Wildman–Crippen LogP) is 5.83. The molecule has 2 atom stereocenters. The molecule has 0 radical (unpaired) electrons. The molecule has 0 bridgehead atoms. The maximum absolute atomic E-state index is 13.5. The number of carbonyl (C=O) groups excluding carboxylic acids is 2. The summed E-state index contributed by atoms with van der Waals surface area (Å²) in [6.07, 6.45) is 2.27. The molecule has 1 aromatic carbocycles. The minimum absolute atomic E-state index is 0.0167. The van der Waals surface area contributed by atoms with Gasteiger partial charge in [-0.3, -0.25) is 9.59 Å². The molecule has 5 nitrogen and oxygen atoms in total. The summed E-state index contributed by atoms with van der Waals surface area (Å²) in [4.78, 5) is 31.4. The molecule has 0 saturated carbocycles. The lowest BCUT2D eigenvalue weighted by Crippen LogP contribution is -2.48. The second-order valence-corrected chi connectivity index (χ2v) is 10.7. The van der Waals surface area contributed by atoms with Crippen LogP contribution in [0.2, 0.25) is 5.02 Å². The predicted molar refractivity (Wildman–Crippen MR) is 135 cm³/mol. The molecule has 3 rings (SSSR count). The van der Waals surface area contributed by atoms with E-state index in [2.05, 4.69) is 25.3 Å². The van der Waals surface area contributed by atoms with Crippen molar-refractivity contribution in [1.29, 1.82) is 0 Å². The maximum Gasteiger partial charge on any atom is 0.242 e. The number of ether oxygens (including phenoxy) is 1. The minimum atomic E-state index is -0.172. The van der Waals surface area contributed by atoms with Crippen LogP contribution in [0, 0.1) is 11.8 Å². The Morgan fingerprint density at radius 2 is 1.94 bits per heavy atom. The minimum Gasteiger partial charge on any atom is -0.491 e. The van der Waals surface area contributed by atoms with Crippen molar-refractivity contribution in [3.63, 3.8) is 0 Å². The number of carbonyl (C=O) groups is 2. The van der Waals surface area contributed by atoms with Gasteiger partial charge in [0.05, 0.1) is 12.6 Å². The fraction of sp³-hybridized carbons (Fsp3) is 0.538. The molecule has 33 heavy (non-hydrogen) atoms. The number of benzene rings is 1. The first-order chi connectivity index (χ1) is 15.8. The van der Waals surface area contributed by atoms with E-state index in [9.17, 15) is 9.59 Å². The normalized spacial score (nSPS) is 16.4. The second kappa shape index (κ2) is 11.9. The highest BCUT2D eigenvalue weighted by atomic mass is 35.5. The van der Waals surface area contributed by atoms with Crippen molar-refractivity contribution in [2.24, 2.45) is 11.8 Å². The van der Waals surface area contributed by atoms with E-state index in [4.69, 9.17) is 16.3 Å². The molecular formula is C26H35ClN2O3S. The number of thiophene rings is 1. The Morgan fingerprint density at radius 1 is 1.21 bits per heavy atom. The van der Waals surface area contributed by atoms with E-state index in [-0.39, 0.29) is 30.3 Å². The van der Waals surface area contributed by atoms with Gasteiger partial charge in [0.15, 0.2) is 0 Å². The van der Waals surface area contributed by atoms with E-state index in [1.165, 1.54) is 4.88 Å². The van der Waals surface area contributed by atoms with Crippen molar-refractivity contribution < 1.29 is 14.3 Å². The third-order valence-corrected chi connectivity index (χ3v) is 7.38. The quantitative estimate of drug-likeness (QED) is 0.421. The summed E-state index contributed by atoms with van der Waals surface area (Å²) in [5, 5.41) is 2.74. The number of nitrogens with zero attached hydrogens (tertiary/aromatic N) is 2. The Morgan fingerprint density at radius 3 is 2.61 bits per heavy atom. The van der Waals surface area contributed by atoms with Crippen molar-refractivity contribution >= 4 is 34.8 Å². The lowest BCUT2D eigenvalue weighted by atomic mass is 10.00. The number of halogens is 1. The summed E-state index contributed by atoms with van der Waals surface area (Å²) in [7, 11) is 0. The summed E-state index contributed by atoms with van der Waals surface area (Å²) in [6, 6.07) is 9.19. The first kappa shape index (κ1) is 25.6. The van der Waals surface area contributed by atoms with Crippen LogP contribution in [0.5, 0.6) is 5.75 Å². The largest absolute Gasteiger partial charge is 0.491 e. The van der Waals surface area contributed by atoms with Gasteiger partial charge in [0, 0.05) is 29.4 Å². The Bertz CT molecular complexity index is 928. The van der Waals surface area contributed by atoms with Crippen LogP contribution in [0.1, 0.15) is 57.0 Å². The Kier molecular flexibility index (Phi) is 9.21. The molecule has 1 aliphatic heterocycles. The molecule has 1 aromatic heterocycles.